The summed E-state index contributed by atoms with van der Waals surface area (Å²) in [5, 5.41) is 0. The molecule has 0 saturated heterocycles. The van der Waals surface area contributed by atoms with Gasteiger partial charge in [-0.25, -0.2) is 4.98 Å². The number of carbonyl (C=O) groups is 1. The number of alkyl halides is 1. The van der Waals surface area contributed by atoms with Crippen LogP contribution in [0.4, 0.5) is 0 Å². The first kappa shape index (κ1) is 13.8. The summed E-state index contributed by atoms with van der Waals surface area (Å²) >= 11 is 5.97. The number of fused-ring (bicyclic) bond motifs is 1. The van der Waals surface area contributed by atoms with Gasteiger partial charge in [-0.3, -0.25) is 4.79 Å². The first-order valence-electron chi connectivity index (χ1n) is 6.88. The highest BCUT2D eigenvalue weighted by Gasteiger charge is 2.11. The van der Waals surface area contributed by atoms with Crippen LogP contribution in [0, 0.1) is 0 Å². The first-order chi connectivity index (χ1) is 10.3. The highest BCUT2D eigenvalue weighted by Crippen LogP contribution is 2.18. The Morgan fingerprint density at radius 2 is 1.76 bits per heavy atom. The fourth-order valence-corrected chi connectivity index (χ4v) is 2.66. The molecular weight excluding hydrogens is 284 g/mol. The van der Waals surface area contributed by atoms with Crippen molar-refractivity contribution in [2.45, 2.75) is 18.8 Å². The highest BCUT2D eigenvalue weighted by molar-refractivity contribution is 6.16. The summed E-state index contributed by atoms with van der Waals surface area (Å²) < 4.78 is 2.03. The van der Waals surface area contributed by atoms with Gasteiger partial charge in [-0.05, 0) is 12.1 Å². The van der Waals surface area contributed by atoms with Crippen LogP contribution in [0.3, 0.4) is 0 Å². The zero-order chi connectivity index (χ0) is 14.7. The third-order valence-corrected chi connectivity index (χ3v) is 3.75. The molecule has 2 aromatic carbocycles. The number of halogens is 1. The van der Waals surface area contributed by atoms with Gasteiger partial charge in [-0.1, -0.05) is 42.5 Å². The fraction of sp³-hybridized carbons (Fsp3) is 0.176. The minimum atomic E-state index is 0.133. The lowest BCUT2D eigenvalue weighted by Gasteiger charge is -2.07. The summed E-state index contributed by atoms with van der Waals surface area (Å²) in [5.74, 6) is 1.28. The summed E-state index contributed by atoms with van der Waals surface area (Å²) in [6.07, 6.45) is 0.439. The van der Waals surface area contributed by atoms with E-state index in [1.54, 1.807) is 0 Å². The molecule has 3 nitrogen and oxygen atoms in total. The van der Waals surface area contributed by atoms with Gasteiger partial charge in [0, 0.05) is 18.5 Å². The molecule has 0 atom stereocenters. The van der Waals surface area contributed by atoms with E-state index in [0.717, 1.165) is 22.4 Å². The lowest BCUT2D eigenvalue weighted by molar-refractivity contribution is 0.0977. The monoisotopic (exact) mass is 298 g/mol. The molecule has 1 aromatic heterocycles. The average Bonchev–Trinajstić information content (AvgIpc) is 2.91. The van der Waals surface area contributed by atoms with Crippen LogP contribution < -0.4 is 0 Å². The molecule has 0 radical (unpaired) electrons. The minimum absolute atomic E-state index is 0.133. The van der Waals surface area contributed by atoms with Crippen molar-refractivity contribution in [1.29, 1.82) is 0 Å². The Hall–Kier alpha value is -2.13. The molecule has 4 heteroatoms. The normalized spacial score (nSPS) is 10.9. The van der Waals surface area contributed by atoms with E-state index in [0.29, 0.717) is 18.8 Å². The van der Waals surface area contributed by atoms with Gasteiger partial charge >= 0.3 is 0 Å². The van der Waals surface area contributed by atoms with Gasteiger partial charge in [0.25, 0.3) is 0 Å². The van der Waals surface area contributed by atoms with E-state index in [4.69, 9.17) is 11.6 Å². The van der Waals surface area contributed by atoms with E-state index in [9.17, 15) is 4.79 Å². The van der Waals surface area contributed by atoms with Crippen molar-refractivity contribution in [2.75, 3.05) is 0 Å². The predicted octanol–water partition coefficient (Wildman–Crippen LogP) is 4.05. The summed E-state index contributed by atoms with van der Waals surface area (Å²) in [4.78, 5) is 16.7. The number of para-hydroxylation sites is 2. The smallest absolute Gasteiger partial charge is 0.164 e. The van der Waals surface area contributed by atoms with E-state index >= 15 is 0 Å². The maximum Gasteiger partial charge on any atom is 0.164 e. The van der Waals surface area contributed by atoms with E-state index in [2.05, 4.69) is 4.98 Å². The molecule has 3 rings (SSSR count). The number of aromatic nitrogens is 2. The van der Waals surface area contributed by atoms with E-state index < -0.39 is 0 Å². The molecule has 3 aromatic rings. The summed E-state index contributed by atoms with van der Waals surface area (Å²) in [6.45, 7) is 0.594. The van der Waals surface area contributed by atoms with Gasteiger partial charge in [0.15, 0.2) is 5.78 Å². The van der Waals surface area contributed by atoms with Gasteiger partial charge in [0.05, 0.1) is 16.9 Å². The van der Waals surface area contributed by atoms with Crippen molar-refractivity contribution < 1.29 is 4.79 Å². The Balaban J connectivity index is 1.83. The maximum absolute atomic E-state index is 12.2. The number of benzene rings is 2. The molecule has 0 amide bonds. The largest absolute Gasteiger partial charge is 0.327 e. The number of Topliss-reactive ketones (excluding diaryl/α,β-unsaturated/α-hetero) is 1. The molecule has 0 aliphatic carbocycles. The standard InChI is InChI=1S/C17H15ClN2O/c18-12-17-19-14-8-4-5-9-15(14)20(17)11-10-16(21)13-6-2-1-3-7-13/h1-9H,10-12H2. The van der Waals surface area contributed by atoms with E-state index in [1.807, 2.05) is 59.2 Å². The lowest BCUT2D eigenvalue weighted by Crippen LogP contribution is -2.08. The van der Waals surface area contributed by atoms with Crippen molar-refractivity contribution in [2.24, 2.45) is 0 Å². The van der Waals surface area contributed by atoms with Crippen LogP contribution in [0.25, 0.3) is 11.0 Å². The molecule has 0 aliphatic rings. The molecule has 0 saturated carbocycles. The van der Waals surface area contributed by atoms with Gasteiger partial charge in [-0.15, -0.1) is 11.6 Å². The topological polar surface area (TPSA) is 34.9 Å². The minimum Gasteiger partial charge on any atom is -0.327 e. The van der Waals surface area contributed by atoms with Crippen molar-refractivity contribution in [1.82, 2.24) is 9.55 Å². The second-order valence-corrected chi connectivity index (χ2v) is 5.11. The SMILES string of the molecule is O=C(CCn1c(CCl)nc2ccccc21)c1ccccc1. The third kappa shape index (κ3) is 2.83. The van der Waals surface area contributed by atoms with Crippen molar-refractivity contribution in [3.63, 3.8) is 0 Å². The van der Waals surface area contributed by atoms with E-state index in [-0.39, 0.29) is 5.78 Å². The lowest BCUT2D eigenvalue weighted by atomic mass is 10.1. The Bertz CT molecular complexity index is 765. The Labute approximate surface area is 128 Å². The predicted molar refractivity (Wildman–Crippen MR) is 84.7 cm³/mol. The van der Waals surface area contributed by atoms with Gasteiger partial charge in [-0.2, -0.15) is 0 Å². The Kier molecular flexibility index (Phi) is 4.02. The molecule has 106 valence electrons. The highest BCUT2D eigenvalue weighted by atomic mass is 35.5. The second kappa shape index (κ2) is 6.10. The molecule has 0 N–H and O–H groups in total. The number of carbonyl (C=O) groups excluding carboxylic acids is 1. The molecule has 0 unspecified atom stereocenters. The fourth-order valence-electron chi connectivity index (χ4n) is 2.46. The van der Waals surface area contributed by atoms with Crippen LogP contribution in [0.5, 0.6) is 0 Å². The zero-order valence-corrected chi connectivity index (χ0v) is 12.3. The summed E-state index contributed by atoms with van der Waals surface area (Å²) in [6, 6.07) is 17.2. The van der Waals surface area contributed by atoms with Crippen LogP contribution in [-0.2, 0) is 12.4 Å². The van der Waals surface area contributed by atoms with Crippen LogP contribution >= 0.6 is 11.6 Å². The number of hydrogen-bond donors (Lipinski definition) is 0. The molecule has 1 heterocycles. The molecule has 21 heavy (non-hydrogen) atoms. The number of nitrogens with zero attached hydrogens (tertiary/aromatic N) is 2. The number of ketones is 1. The molecule has 0 bridgehead atoms. The van der Waals surface area contributed by atoms with Crippen molar-refractivity contribution in [3.8, 4) is 0 Å². The van der Waals surface area contributed by atoms with Gasteiger partial charge in [0.2, 0.25) is 0 Å². The van der Waals surface area contributed by atoms with Crippen molar-refractivity contribution in [3.05, 3.63) is 66.0 Å². The first-order valence-corrected chi connectivity index (χ1v) is 7.41. The summed E-state index contributed by atoms with van der Waals surface area (Å²) in [7, 11) is 0. The molecule has 0 fully saturated rings. The molecule has 0 aliphatic heterocycles. The maximum atomic E-state index is 12.2. The van der Waals surface area contributed by atoms with Crippen LogP contribution in [-0.4, -0.2) is 15.3 Å². The number of hydrogen-bond acceptors (Lipinski definition) is 2. The van der Waals surface area contributed by atoms with Gasteiger partial charge < -0.3 is 4.57 Å². The molecular formula is C17H15ClN2O. The zero-order valence-electron chi connectivity index (χ0n) is 11.5. The Morgan fingerprint density at radius 1 is 1.05 bits per heavy atom. The quantitative estimate of drug-likeness (QED) is 0.526. The number of imidazole rings is 1. The third-order valence-electron chi connectivity index (χ3n) is 3.51. The van der Waals surface area contributed by atoms with Crippen LogP contribution in [0.2, 0.25) is 0 Å². The second-order valence-electron chi connectivity index (χ2n) is 4.84. The van der Waals surface area contributed by atoms with E-state index in [1.165, 1.54) is 0 Å². The Morgan fingerprint density at radius 3 is 2.52 bits per heavy atom. The number of rotatable bonds is 5. The average molecular weight is 299 g/mol. The van der Waals surface area contributed by atoms with Crippen LogP contribution in [0.15, 0.2) is 54.6 Å². The van der Waals surface area contributed by atoms with Gasteiger partial charge in [0.1, 0.15) is 5.82 Å². The molecule has 0 spiro atoms. The van der Waals surface area contributed by atoms with Crippen molar-refractivity contribution >= 4 is 28.4 Å². The summed E-state index contributed by atoms with van der Waals surface area (Å²) in [5.41, 5.74) is 2.68. The number of aryl methyl sites for hydroxylation is 1. The van der Waals surface area contributed by atoms with Crippen LogP contribution in [0.1, 0.15) is 22.6 Å².